The van der Waals surface area contributed by atoms with Gasteiger partial charge in [0, 0.05) is 11.9 Å². The summed E-state index contributed by atoms with van der Waals surface area (Å²) in [7, 11) is 0. The number of aliphatic hydroxyl groups excluding tert-OH is 1. The van der Waals surface area contributed by atoms with Crippen LogP contribution in [0, 0.1) is 0 Å². The fraction of sp³-hybridized carbons (Fsp3) is 0.389. The number of carbonyl (C=O) groups excluding carboxylic acids is 1. The second-order valence-corrected chi connectivity index (χ2v) is 9.39. The lowest BCUT2D eigenvalue weighted by Gasteiger charge is -2.15. The Morgan fingerprint density at radius 3 is 2.50 bits per heavy atom. The van der Waals surface area contributed by atoms with Crippen molar-refractivity contribution in [2.24, 2.45) is 0 Å². The van der Waals surface area contributed by atoms with E-state index in [1.165, 1.54) is 0 Å². The van der Waals surface area contributed by atoms with E-state index in [4.69, 9.17) is 39.5 Å². The normalized spacial score (nSPS) is 12.1. The van der Waals surface area contributed by atoms with Gasteiger partial charge in [-0.15, -0.1) is 0 Å². The van der Waals surface area contributed by atoms with Crippen molar-refractivity contribution in [2.45, 2.75) is 36.6 Å². The zero-order chi connectivity index (χ0) is 19.5. The average Bonchev–Trinajstić information content (AvgIpc) is 2.96. The summed E-state index contributed by atoms with van der Waals surface area (Å²) in [4.78, 5) is 12.1. The fourth-order valence-corrected chi connectivity index (χ4v) is 2.44. The molecule has 5 nitrogen and oxygen atoms in total. The highest BCUT2D eigenvalue weighted by Gasteiger charge is 2.24. The predicted molar refractivity (Wildman–Crippen MR) is 106 cm³/mol. The number of carbonyl (C=O) groups is 1. The predicted octanol–water partition coefficient (Wildman–Crippen LogP) is 5.19. The van der Waals surface area contributed by atoms with E-state index in [1.54, 1.807) is 0 Å². The molecule has 0 saturated carbocycles. The van der Waals surface area contributed by atoms with Crippen molar-refractivity contribution in [3.63, 3.8) is 0 Å². The maximum Gasteiger partial charge on any atom is 0.412 e. The number of anilines is 1. The smallest absolute Gasteiger partial charge is 0.412 e. The lowest BCUT2D eigenvalue weighted by atomic mass is 9.89. The highest BCUT2D eigenvalue weighted by atomic mass is 35.6. The number of benzene rings is 1. The number of hydrogen-bond donors (Lipinski definition) is 2. The highest BCUT2D eigenvalue weighted by Crippen LogP contribution is 2.30. The molecule has 0 radical (unpaired) electrons. The van der Waals surface area contributed by atoms with Crippen LogP contribution in [0.15, 0.2) is 36.5 Å². The van der Waals surface area contributed by atoms with Crippen LogP contribution in [0.3, 0.4) is 0 Å². The lowest BCUT2D eigenvalue weighted by molar-refractivity contribution is 0.163. The molecule has 8 heteroatoms. The van der Waals surface area contributed by atoms with Crippen LogP contribution in [0.25, 0.3) is 5.69 Å². The van der Waals surface area contributed by atoms with E-state index in [0.717, 1.165) is 16.8 Å². The van der Waals surface area contributed by atoms with E-state index in [9.17, 15) is 9.90 Å². The molecule has 2 aromatic rings. The molecule has 2 N–H and O–H groups in total. The molecule has 0 aliphatic carbocycles. The summed E-state index contributed by atoms with van der Waals surface area (Å²) in [5, 5.41) is 12.0. The number of halogens is 3. The first-order valence-corrected chi connectivity index (χ1v) is 9.06. The number of aliphatic hydroxyl groups is 1. The van der Waals surface area contributed by atoms with Gasteiger partial charge in [-0.05, 0) is 34.7 Å². The number of alkyl halides is 3. The van der Waals surface area contributed by atoms with Gasteiger partial charge < -0.3 is 14.4 Å². The average molecular weight is 420 g/mol. The lowest BCUT2D eigenvalue weighted by Crippen LogP contribution is -2.22. The van der Waals surface area contributed by atoms with Crippen LogP contribution in [0.5, 0.6) is 0 Å². The molecule has 0 fully saturated rings. The Balaban J connectivity index is 2.34. The molecule has 1 amide bonds. The molecule has 0 aliphatic rings. The summed E-state index contributed by atoms with van der Waals surface area (Å²) in [6.45, 7) is 5.77. The third-order valence-corrected chi connectivity index (χ3v) is 3.98. The van der Waals surface area contributed by atoms with Gasteiger partial charge in [0.15, 0.2) is 0 Å². The monoisotopic (exact) mass is 418 g/mol. The molecular formula is C18H21Cl3N2O3. The quantitative estimate of drug-likeness (QED) is 0.671. The van der Waals surface area contributed by atoms with Crippen molar-refractivity contribution < 1.29 is 14.6 Å². The summed E-state index contributed by atoms with van der Waals surface area (Å²) in [6, 6.07) is 9.23. The molecule has 1 aromatic heterocycles. The van der Waals surface area contributed by atoms with Crippen LogP contribution >= 0.6 is 34.8 Å². The number of rotatable bonds is 4. The molecule has 0 bridgehead atoms. The summed E-state index contributed by atoms with van der Waals surface area (Å²) < 4.78 is 5.08. The number of ether oxygens (including phenoxy) is 1. The molecule has 1 heterocycles. The van der Waals surface area contributed by atoms with E-state index < -0.39 is 9.89 Å². The minimum atomic E-state index is -1.68. The third kappa shape index (κ3) is 5.81. The van der Waals surface area contributed by atoms with Gasteiger partial charge in [0.2, 0.25) is 3.79 Å². The van der Waals surface area contributed by atoms with Crippen LogP contribution in [0.1, 0.15) is 31.9 Å². The molecule has 26 heavy (non-hydrogen) atoms. The molecule has 142 valence electrons. The summed E-state index contributed by atoms with van der Waals surface area (Å²) in [5.74, 6) is 0.513. The van der Waals surface area contributed by atoms with Gasteiger partial charge in [-0.3, -0.25) is 5.32 Å². The Labute approximate surface area is 167 Å². The van der Waals surface area contributed by atoms with Gasteiger partial charge >= 0.3 is 6.09 Å². The van der Waals surface area contributed by atoms with Crippen molar-refractivity contribution in [3.8, 4) is 5.69 Å². The van der Waals surface area contributed by atoms with Crippen LogP contribution in [-0.4, -0.2) is 26.2 Å². The fourth-order valence-electron chi connectivity index (χ4n) is 2.28. The number of nitrogens with one attached hydrogen (secondary N) is 1. The number of aromatic nitrogens is 1. The first kappa shape index (κ1) is 20.9. The van der Waals surface area contributed by atoms with Crippen LogP contribution in [0.4, 0.5) is 10.6 Å². The van der Waals surface area contributed by atoms with Gasteiger partial charge in [-0.2, -0.15) is 0 Å². The minimum Gasteiger partial charge on any atom is -0.445 e. The van der Waals surface area contributed by atoms with E-state index in [2.05, 4.69) is 26.1 Å². The maximum absolute atomic E-state index is 12.1. The second kappa shape index (κ2) is 8.09. The largest absolute Gasteiger partial charge is 0.445 e. The van der Waals surface area contributed by atoms with Gasteiger partial charge in [-0.25, -0.2) is 4.79 Å². The van der Waals surface area contributed by atoms with Crippen molar-refractivity contribution in [1.82, 2.24) is 4.57 Å². The van der Waals surface area contributed by atoms with Crippen LogP contribution in [-0.2, 0) is 16.8 Å². The molecular weight excluding hydrogens is 399 g/mol. The Morgan fingerprint density at radius 2 is 1.92 bits per heavy atom. The topological polar surface area (TPSA) is 63.5 Å². The Kier molecular flexibility index (Phi) is 6.51. The zero-order valence-corrected chi connectivity index (χ0v) is 17.0. The maximum atomic E-state index is 12.1. The van der Waals surface area contributed by atoms with Gasteiger partial charge in [-0.1, -0.05) is 67.7 Å². The Morgan fingerprint density at radius 1 is 1.23 bits per heavy atom. The zero-order valence-electron chi connectivity index (χ0n) is 14.7. The van der Waals surface area contributed by atoms with Gasteiger partial charge in [0.25, 0.3) is 0 Å². The number of hydrogen-bond acceptors (Lipinski definition) is 3. The van der Waals surface area contributed by atoms with Crippen molar-refractivity contribution in [1.29, 1.82) is 0 Å². The van der Waals surface area contributed by atoms with Crippen molar-refractivity contribution in [2.75, 3.05) is 11.9 Å². The number of nitrogens with zero attached hydrogens (tertiary/aromatic N) is 1. The standard InChI is InChI=1S/C18H21Cl3N2O3/c1-17(2,3)13-8-15(22-16(25)26-11-18(19,20)21)23(9-13)14-6-4-5-12(7-14)10-24/h4-9,24H,10-11H2,1-3H3,(H,22,25). The van der Waals surface area contributed by atoms with Gasteiger partial charge in [0.05, 0.1) is 6.61 Å². The molecule has 2 rings (SSSR count). The first-order valence-electron chi connectivity index (χ1n) is 7.93. The molecule has 0 saturated heterocycles. The highest BCUT2D eigenvalue weighted by molar-refractivity contribution is 6.67. The Bertz CT molecular complexity index is 777. The summed E-state index contributed by atoms with van der Waals surface area (Å²) in [6.07, 6.45) is 1.20. The van der Waals surface area contributed by atoms with Crippen LogP contribution < -0.4 is 5.32 Å². The van der Waals surface area contributed by atoms with E-state index in [1.807, 2.05) is 41.1 Å². The molecule has 0 aliphatic heterocycles. The molecule has 0 atom stereocenters. The second-order valence-electron chi connectivity index (χ2n) is 6.88. The summed E-state index contributed by atoms with van der Waals surface area (Å²) >= 11 is 16.8. The molecule has 0 spiro atoms. The third-order valence-electron chi connectivity index (χ3n) is 3.65. The number of amides is 1. The first-order chi connectivity index (χ1) is 12.0. The van der Waals surface area contributed by atoms with Gasteiger partial charge in [0.1, 0.15) is 12.4 Å². The minimum absolute atomic E-state index is 0.0741. The Hall–Kier alpha value is -1.40. The molecule has 0 unspecified atom stereocenters. The molecule has 1 aromatic carbocycles. The summed E-state index contributed by atoms with van der Waals surface area (Å²) in [5.41, 5.74) is 2.45. The van der Waals surface area contributed by atoms with Crippen molar-refractivity contribution >= 4 is 46.7 Å². The SMILES string of the molecule is CC(C)(C)c1cc(NC(=O)OCC(Cl)(Cl)Cl)n(-c2cccc(CO)c2)c1. The van der Waals surface area contributed by atoms with E-state index >= 15 is 0 Å². The van der Waals surface area contributed by atoms with E-state index in [-0.39, 0.29) is 18.6 Å². The van der Waals surface area contributed by atoms with E-state index in [0.29, 0.717) is 5.82 Å². The van der Waals surface area contributed by atoms with Crippen LogP contribution in [0.2, 0.25) is 0 Å². The van der Waals surface area contributed by atoms with Crippen molar-refractivity contribution in [3.05, 3.63) is 47.7 Å².